The maximum atomic E-state index is 12.7. The number of benzene rings is 2. The van der Waals surface area contributed by atoms with Crippen LogP contribution in [0.25, 0.3) is 0 Å². The van der Waals surface area contributed by atoms with E-state index in [1.54, 1.807) is 12.1 Å². The van der Waals surface area contributed by atoms with Gasteiger partial charge in [0.2, 0.25) is 0 Å². The van der Waals surface area contributed by atoms with Crippen molar-refractivity contribution in [3.05, 3.63) is 46.5 Å². The summed E-state index contributed by atoms with van der Waals surface area (Å²) in [6, 6.07) is 7.29. The lowest BCUT2D eigenvalue weighted by Crippen LogP contribution is -2.76. The van der Waals surface area contributed by atoms with E-state index in [4.69, 9.17) is 9.47 Å². The van der Waals surface area contributed by atoms with Crippen LogP contribution in [0, 0.1) is 17.8 Å². The van der Waals surface area contributed by atoms with E-state index in [1.807, 2.05) is 12.1 Å². The third-order valence-corrected chi connectivity index (χ3v) is 15.8. The normalized spacial score (nSPS) is 40.1. The number of ketones is 2. The van der Waals surface area contributed by atoms with Crippen molar-refractivity contribution in [2.45, 2.75) is 130 Å². The molecule has 4 N–H and O–H groups in total. The van der Waals surface area contributed by atoms with Gasteiger partial charge in [0.1, 0.15) is 0 Å². The summed E-state index contributed by atoms with van der Waals surface area (Å²) in [7, 11) is 0. The zero-order valence-electron chi connectivity index (χ0n) is 29.0. The number of aromatic hydroxyl groups is 2. The molecule has 7 aliphatic carbocycles. The van der Waals surface area contributed by atoms with Crippen molar-refractivity contribution < 1.29 is 39.5 Å². The van der Waals surface area contributed by atoms with Crippen LogP contribution in [0.15, 0.2) is 24.3 Å². The number of rotatable bonds is 3. The van der Waals surface area contributed by atoms with Crippen molar-refractivity contribution in [2.75, 3.05) is 18.4 Å². The molecule has 5 saturated carbocycles. The Morgan fingerprint density at radius 2 is 1.29 bits per heavy atom. The van der Waals surface area contributed by atoms with Gasteiger partial charge in [0, 0.05) is 41.9 Å². The van der Waals surface area contributed by atoms with Crippen LogP contribution >= 0.6 is 15.9 Å². The molecule has 4 bridgehead atoms. The summed E-state index contributed by atoms with van der Waals surface area (Å²) in [6.45, 7) is 1.95. The average molecular weight is 763 g/mol. The number of phenolic OH excluding ortho intramolecular Hbond substituents is 2. The fourth-order valence-corrected chi connectivity index (χ4v) is 12.8. The molecular weight excluding hydrogens is 714 g/mol. The Labute approximate surface area is 306 Å². The molecule has 8 atom stereocenters. The highest BCUT2D eigenvalue weighted by molar-refractivity contribution is 9.09. The number of nitrogens with zero attached hydrogens (tertiary/aromatic N) is 1. The zero-order chi connectivity index (χ0) is 35.1. The summed E-state index contributed by atoms with van der Waals surface area (Å²) < 4.78 is 12.0. The van der Waals surface area contributed by atoms with Gasteiger partial charge in [0.05, 0.1) is 22.0 Å². The van der Waals surface area contributed by atoms with Crippen molar-refractivity contribution in [3.8, 4) is 23.0 Å². The predicted octanol–water partition coefficient (Wildman–Crippen LogP) is 5.16. The number of carbonyl (C=O) groups excluding carboxylic acids is 2. The number of hydrogen-bond donors (Lipinski definition) is 4. The van der Waals surface area contributed by atoms with E-state index in [2.05, 4.69) is 20.8 Å². The van der Waals surface area contributed by atoms with Gasteiger partial charge in [-0.2, -0.15) is 0 Å². The highest BCUT2D eigenvalue weighted by Gasteiger charge is 2.74. The topological polar surface area (TPSA) is 137 Å². The number of halogens is 1. The lowest BCUT2D eigenvalue weighted by Gasteiger charge is -2.62. The molecule has 3 heterocycles. The molecular formula is C41H48BrNO8. The van der Waals surface area contributed by atoms with E-state index in [9.17, 15) is 30.0 Å². The molecule has 272 valence electrons. The molecule has 1 saturated heterocycles. The first-order valence-electron chi connectivity index (χ1n) is 19.4. The molecule has 2 aromatic carbocycles. The Hall–Kier alpha value is -2.66. The van der Waals surface area contributed by atoms with Crippen LogP contribution < -0.4 is 9.47 Å². The monoisotopic (exact) mass is 761 g/mol. The van der Waals surface area contributed by atoms with Crippen molar-refractivity contribution in [3.63, 3.8) is 0 Å². The summed E-state index contributed by atoms with van der Waals surface area (Å²) in [4.78, 5) is 27.6. The number of hydrogen-bond acceptors (Lipinski definition) is 9. The van der Waals surface area contributed by atoms with Gasteiger partial charge in [-0.3, -0.25) is 14.5 Å². The van der Waals surface area contributed by atoms with E-state index in [1.165, 1.54) is 31.0 Å². The predicted molar refractivity (Wildman–Crippen MR) is 191 cm³/mol. The molecule has 12 rings (SSSR count). The van der Waals surface area contributed by atoms with Gasteiger partial charge in [-0.25, -0.2) is 0 Å². The third-order valence-electron chi connectivity index (χ3n) is 14.9. The Bertz CT molecular complexity index is 1840. The molecule has 2 aromatic rings. The Morgan fingerprint density at radius 1 is 0.725 bits per heavy atom. The largest absolute Gasteiger partial charge is 0.504 e. The number of ether oxygens (including phenoxy) is 2. The number of alkyl halides is 1. The van der Waals surface area contributed by atoms with E-state index in [0.29, 0.717) is 37.2 Å². The van der Waals surface area contributed by atoms with Gasteiger partial charge in [-0.05, 0) is 118 Å². The fraction of sp³-hybridized carbons (Fsp3) is 0.659. The molecule has 0 aromatic heterocycles. The van der Waals surface area contributed by atoms with Crippen molar-refractivity contribution in [1.29, 1.82) is 0 Å². The minimum Gasteiger partial charge on any atom is -0.504 e. The molecule has 51 heavy (non-hydrogen) atoms. The van der Waals surface area contributed by atoms with Crippen molar-refractivity contribution in [2.24, 2.45) is 17.8 Å². The molecule has 0 amide bonds. The smallest absolute Gasteiger partial charge is 0.174 e. The maximum Gasteiger partial charge on any atom is 0.174 e. The minimum atomic E-state index is -0.940. The molecule has 0 radical (unpaired) electrons. The van der Waals surface area contributed by atoms with Gasteiger partial charge in [-0.15, -0.1) is 0 Å². The second kappa shape index (κ2) is 11.2. The fourth-order valence-electron chi connectivity index (χ4n) is 12.2. The second-order valence-corrected chi connectivity index (χ2v) is 18.1. The first-order valence-corrected chi connectivity index (χ1v) is 20.5. The van der Waals surface area contributed by atoms with E-state index >= 15 is 0 Å². The minimum absolute atomic E-state index is 0.0454. The average Bonchev–Trinajstić information content (AvgIpc) is 4.05. The van der Waals surface area contributed by atoms with Crippen LogP contribution in [0.1, 0.15) is 99.3 Å². The van der Waals surface area contributed by atoms with E-state index < -0.39 is 34.2 Å². The standard InChI is InChI=1S/C20H23NO4.C17H18O4.C4H7Br/c22-13-4-3-12-9-15-20(24)6-5-14(23)18-19(20,16(12)17(13)25-18)7-8-21(15)10-11-1-2-11;18-11-4-3-9-8-10-2-1-6-16-13(9)14(11)21-15(16)12(19)5-7-17(10,16)20;5-3-4-1-2-4/h3-4,11,15,18,22,24H,1-2,5-10H2;3-4,10,15,18,20H,1-2,5-8H2;4H,1-3H2. The molecule has 2 spiro atoms. The lowest BCUT2D eigenvalue weighted by molar-refractivity contribution is -0.188. The van der Waals surface area contributed by atoms with Crippen LogP contribution in [-0.4, -0.2) is 84.8 Å². The first kappa shape index (κ1) is 32.9. The van der Waals surface area contributed by atoms with Gasteiger partial charge in [0.25, 0.3) is 0 Å². The number of aliphatic hydroxyl groups is 2. The third kappa shape index (κ3) is 4.31. The summed E-state index contributed by atoms with van der Waals surface area (Å²) in [6.07, 6.45) is 11.2. The molecule has 9 nitrogen and oxygen atoms in total. The first-order chi connectivity index (χ1) is 24.6. The highest BCUT2D eigenvalue weighted by Crippen LogP contribution is 2.67. The Kier molecular flexibility index (Phi) is 7.23. The second-order valence-electron chi connectivity index (χ2n) is 17.4. The highest BCUT2D eigenvalue weighted by atomic mass is 79.9. The number of piperidine rings is 1. The zero-order valence-corrected chi connectivity index (χ0v) is 30.6. The Balaban J connectivity index is 0.000000114. The molecule has 10 heteroatoms. The van der Waals surface area contributed by atoms with Crippen molar-refractivity contribution in [1.82, 2.24) is 4.90 Å². The van der Waals surface area contributed by atoms with Crippen LogP contribution in [0.3, 0.4) is 0 Å². The summed E-state index contributed by atoms with van der Waals surface area (Å²) >= 11 is 3.38. The number of phenols is 2. The number of likely N-dealkylation sites (tertiary alicyclic amines) is 1. The van der Waals surface area contributed by atoms with Gasteiger partial charge in [0.15, 0.2) is 46.8 Å². The summed E-state index contributed by atoms with van der Waals surface area (Å²) in [5.41, 5.74) is 1.06. The van der Waals surface area contributed by atoms with Crippen molar-refractivity contribution >= 4 is 27.5 Å². The molecule has 8 unspecified atom stereocenters. The Morgan fingerprint density at radius 3 is 1.86 bits per heavy atom. The summed E-state index contributed by atoms with van der Waals surface area (Å²) in [5, 5.41) is 45.2. The van der Waals surface area contributed by atoms with Gasteiger partial charge < -0.3 is 29.9 Å². The molecule has 10 aliphatic rings. The maximum absolute atomic E-state index is 12.7. The van der Waals surface area contributed by atoms with Crippen LogP contribution in [0.5, 0.6) is 23.0 Å². The molecule has 3 aliphatic heterocycles. The number of Topliss-reactive ketones (excluding diaryl/α,β-unsaturated/α-hetero) is 2. The van der Waals surface area contributed by atoms with Crippen LogP contribution in [-0.2, 0) is 33.3 Å². The van der Waals surface area contributed by atoms with Gasteiger partial charge in [-0.1, -0.05) is 34.5 Å². The number of carbonyl (C=O) groups is 2. The van der Waals surface area contributed by atoms with E-state index in [-0.39, 0.29) is 35.0 Å². The van der Waals surface area contributed by atoms with E-state index in [0.717, 1.165) is 85.7 Å². The SMILES string of the molecule is BrCC1CC1.O=C1CCC2(O)C3CCCC24c2c(ccc(O)c2OC14)C3.O=C1CCC2(O)C3Cc4ccc(O)c5c4C2(CCN3CC2CC2)C1O5. The molecule has 6 fully saturated rings. The van der Waals surface area contributed by atoms with Gasteiger partial charge >= 0.3 is 0 Å². The quantitative estimate of drug-likeness (QED) is 0.313. The van der Waals surface area contributed by atoms with Crippen LogP contribution in [0.2, 0.25) is 0 Å². The summed E-state index contributed by atoms with van der Waals surface area (Å²) in [5.74, 6) is 3.26. The lowest BCUT2D eigenvalue weighted by atomic mass is 9.46. The van der Waals surface area contributed by atoms with Crippen LogP contribution in [0.4, 0.5) is 0 Å².